The lowest BCUT2D eigenvalue weighted by Crippen LogP contribution is -2.45. The van der Waals surface area contributed by atoms with Crippen LogP contribution in [0.15, 0.2) is 48.5 Å². The van der Waals surface area contributed by atoms with Crippen molar-refractivity contribution in [2.45, 2.75) is 32.2 Å². The van der Waals surface area contributed by atoms with Gasteiger partial charge in [0.1, 0.15) is 11.2 Å². The monoisotopic (exact) mass is 338 g/mol. The van der Waals surface area contributed by atoms with Crippen LogP contribution in [-0.4, -0.2) is 17.9 Å². The van der Waals surface area contributed by atoms with E-state index in [0.29, 0.717) is 12.8 Å². The summed E-state index contributed by atoms with van der Waals surface area (Å²) in [5.41, 5.74) is 1.04. The van der Waals surface area contributed by atoms with Gasteiger partial charge in [-0.05, 0) is 49.9 Å². The molecular formula is C20H19FN2O2. The lowest BCUT2D eigenvalue weighted by molar-refractivity contribution is -0.132. The summed E-state index contributed by atoms with van der Waals surface area (Å²) < 4.78 is 13.8. The largest absolute Gasteiger partial charge is 0.323 e. The Kier molecular flexibility index (Phi) is 3.60. The number of carbonyl (C=O) groups is 2. The quantitative estimate of drug-likeness (QED) is 0.871. The Morgan fingerprint density at radius 1 is 1.12 bits per heavy atom. The molecule has 1 fully saturated rings. The number of hydrogen-bond acceptors (Lipinski definition) is 2. The first-order valence-electron chi connectivity index (χ1n) is 8.50. The summed E-state index contributed by atoms with van der Waals surface area (Å²) in [5, 5.41) is 2.59. The number of benzene rings is 2. The number of rotatable bonds is 3. The van der Waals surface area contributed by atoms with E-state index in [0.717, 1.165) is 17.7 Å². The molecule has 2 amide bonds. The average Bonchev–Trinajstić information content (AvgIpc) is 3.34. The summed E-state index contributed by atoms with van der Waals surface area (Å²) >= 11 is 0. The van der Waals surface area contributed by atoms with Crippen LogP contribution in [0.3, 0.4) is 0 Å². The Hall–Kier alpha value is -2.69. The number of hydrogen-bond donors (Lipinski definition) is 1. The fourth-order valence-corrected chi connectivity index (χ4v) is 3.57. The molecule has 1 heterocycles. The van der Waals surface area contributed by atoms with Crippen molar-refractivity contribution in [3.63, 3.8) is 0 Å². The second-order valence-electron chi connectivity index (χ2n) is 6.87. The van der Waals surface area contributed by atoms with E-state index in [4.69, 9.17) is 0 Å². The Balaban J connectivity index is 1.60. The summed E-state index contributed by atoms with van der Waals surface area (Å²) in [6.45, 7) is 1.99. The van der Waals surface area contributed by atoms with E-state index < -0.39 is 17.1 Å². The van der Waals surface area contributed by atoms with Crippen molar-refractivity contribution in [3.8, 4) is 0 Å². The Bertz CT molecular complexity index is 860. The minimum atomic E-state index is -1.08. The third-order valence-corrected chi connectivity index (χ3v) is 5.14. The highest BCUT2D eigenvalue weighted by Crippen LogP contribution is 2.50. The Morgan fingerprint density at radius 2 is 1.80 bits per heavy atom. The SMILES string of the molecule is CC1Cc2ccccc2N1C(=O)C1(C(=O)Nc2ccccc2F)CC1. The molecule has 1 aliphatic heterocycles. The van der Waals surface area contributed by atoms with E-state index in [1.165, 1.54) is 12.1 Å². The lowest BCUT2D eigenvalue weighted by Gasteiger charge is -2.27. The van der Waals surface area contributed by atoms with Gasteiger partial charge < -0.3 is 10.2 Å². The van der Waals surface area contributed by atoms with Crippen molar-refractivity contribution in [1.29, 1.82) is 0 Å². The maximum absolute atomic E-state index is 13.8. The fourth-order valence-electron chi connectivity index (χ4n) is 3.57. The first-order valence-corrected chi connectivity index (χ1v) is 8.50. The summed E-state index contributed by atoms with van der Waals surface area (Å²) in [4.78, 5) is 27.7. The molecule has 2 aromatic carbocycles. The molecular weight excluding hydrogens is 319 g/mol. The Labute approximate surface area is 145 Å². The van der Waals surface area contributed by atoms with Crippen molar-refractivity contribution in [2.24, 2.45) is 5.41 Å². The summed E-state index contributed by atoms with van der Waals surface area (Å²) in [6, 6.07) is 13.8. The van der Waals surface area contributed by atoms with Crippen molar-refractivity contribution in [1.82, 2.24) is 0 Å². The lowest BCUT2D eigenvalue weighted by atomic mass is 10.0. The van der Waals surface area contributed by atoms with Crippen LogP contribution in [-0.2, 0) is 16.0 Å². The van der Waals surface area contributed by atoms with Crippen molar-refractivity contribution in [3.05, 3.63) is 59.9 Å². The number of fused-ring (bicyclic) bond motifs is 1. The second kappa shape index (κ2) is 5.69. The molecule has 1 saturated carbocycles. The number of para-hydroxylation sites is 2. The molecule has 25 heavy (non-hydrogen) atoms. The highest BCUT2D eigenvalue weighted by molar-refractivity contribution is 6.18. The maximum Gasteiger partial charge on any atom is 0.242 e. The average molecular weight is 338 g/mol. The highest BCUT2D eigenvalue weighted by Gasteiger charge is 2.59. The summed E-state index contributed by atoms with van der Waals surface area (Å²) in [7, 11) is 0. The smallest absolute Gasteiger partial charge is 0.242 e. The van der Waals surface area contributed by atoms with Gasteiger partial charge in [0.2, 0.25) is 11.8 Å². The van der Waals surface area contributed by atoms with Crippen LogP contribution in [0.2, 0.25) is 0 Å². The van der Waals surface area contributed by atoms with Crippen LogP contribution in [0.25, 0.3) is 0 Å². The standard InChI is InChI=1S/C20H19FN2O2/c1-13-12-14-6-2-5-9-17(14)23(13)19(25)20(10-11-20)18(24)22-16-8-4-3-7-15(16)21/h2-9,13H,10-12H2,1H3,(H,22,24). The number of halogens is 1. The molecule has 0 bridgehead atoms. The molecule has 1 unspecified atom stereocenters. The predicted molar refractivity (Wildman–Crippen MR) is 93.8 cm³/mol. The van der Waals surface area contributed by atoms with E-state index in [-0.39, 0.29) is 17.6 Å². The molecule has 0 aromatic heterocycles. The van der Waals surface area contributed by atoms with Crippen molar-refractivity contribution in [2.75, 3.05) is 10.2 Å². The molecule has 2 aromatic rings. The summed E-state index contributed by atoms with van der Waals surface area (Å²) in [6.07, 6.45) is 1.78. The highest BCUT2D eigenvalue weighted by atomic mass is 19.1. The van der Waals surface area contributed by atoms with Gasteiger partial charge in [-0.3, -0.25) is 9.59 Å². The second-order valence-corrected chi connectivity index (χ2v) is 6.87. The van der Waals surface area contributed by atoms with Gasteiger partial charge >= 0.3 is 0 Å². The van der Waals surface area contributed by atoms with Gasteiger partial charge in [-0.25, -0.2) is 4.39 Å². The minimum absolute atomic E-state index is 0.0173. The van der Waals surface area contributed by atoms with E-state index >= 15 is 0 Å². The van der Waals surface area contributed by atoms with E-state index in [1.807, 2.05) is 31.2 Å². The first kappa shape index (κ1) is 15.8. The first-order chi connectivity index (χ1) is 12.0. The Morgan fingerprint density at radius 3 is 2.52 bits per heavy atom. The molecule has 0 radical (unpaired) electrons. The van der Waals surface area contributed by atoms with Crippen LogP contribution < -0.4 is 10.2 Å². The molecule has 0 saturated heterocycles. The van der Waals surface area contributed by atoms with Gasteiger partial charge in [-0.15, -0.1) is 0 Å². The predicted octanol–water partition coefficient (Wildman–Crippen LogP) is 3.52. The molecule has 4 rings (SSSR count). The molecule has 4 nitrogen and oxygen atoms in total. The third kappa shape index (κ3) is 2.51. The van der Waals surface area contributed by atoms with Gasteiger partial charge in [-0.1, -0.05) is 30.3 Å². The van der Waals surface area contributed by atoms with Gasteiger partial charge in [-0.2, -0.15) is 0 Å². The molecule has 0 spiro atoms. The van der Waals surface area contributed by atoms with Crippen LogP contribution in [0, 0.1) is 11.2 Å². The zero-order chi connectivity index (χ0) is 17.6. The fraction of sp³-hybridized carbons (Fsp3) is 0.300. The zero-order valence-corrected chi connectivity index (χ0v) is 14.0. The van der Waals surface area contributed by atoms with Crippen molar-refractivity contribution >= 4 is 23.2 Å². The van der Waals surface area contributed by atoms with Crippen LogP contribution in [0.1, 0.15) is 25.3 Å². The molecule has 1 aliphatic carbocycles. The maximum atomic E-state index is 13.8. The molecule has 2 aliphatic rings. The van der Waals surface area contributed by atoms with Gasteiger partial charge in [0.05, 0.1) is 5.69 Å². The number of nitrogens with one attached hydrogen (secondary N) is 1. The minimum Gasteiger partial charge on any atom is -0.323 e. The number of carbonyl (C=O) groups excluding carboxylic acids is 2. The molecule has 1 N–H and O–H groups in total. The van der Waals surface area contributed by atoms with E-state index in [9.17, 15) is 14.0 Å². The topological polar surface area (TPSA) is 49.4 Å². The number of nitrogens with zero attached hydrogens (tertiary/aromatic N) is 1. The van der Waals surface area contributed by atoms with Crippen LogP contribution in [0.5, 0.6) is 0 Å². The van der Waals surface area contributed by atoms with Gasteiger partial charge in [0, 0.05) is 11.7 Å². The van der Waals surface area contributed by atoms with E-state index in [1.54, 1.807) is 17.0 Å². The van der Waals surface area contributed by atoms with Gasteiger partial charge in [0.15, 0.2) is 0 Å². The van der Waals surface area contributed by atoms with E-state index in [2.05, 4.69) is 5.32 Å². The van der Waals surface area contributed by atoms with Gasteiger partial charge in [0.25, 0.3) is 0 Å². The molecule has 5 heteroatoms. The van der Waals surface area contributed by atoms with Crippen LogP contribution in [0.4, 0.5) is 15.8 Å². The zero-order valence-electron chi connectivity index (χ0n) is 14.0. The number of amides is 2. The van der Waals surface area contributed by atoms with Crippen LogP contribution >= 0.6 is 0 Å². The molecule has 128 valence electrons. The number of anilines is 2. The molecule has 1 atom stereocenters. The third-order valence-electron chi connectivity index (χ3n) is 5.14. The van der Waals surface area contributed by atoms with Crippen molar-refractivity contribution < 1.29 is 14.0 Å². The summed E-state index contributed by atoms with van der Waals surface area (Å²) in [5.74, 6) is -1.10. The normalized spacial score (nSPS) is 20.1.